The van der Waals surface area contributed by atoms with Crippen LogP contribution in [-0.2, 0) is 14.2 Å². The number of carbonyl (C=O) groups excluding carboxylic acids is 1. The summed E-state index contributed by atoms with van der Waals surface area (Å²) >= 11 is 0. The third kappa shape index (κ3) is 3.13. The van der Waals surface area contributed by atoms with Gasteiger partial charge in [0.05, 0.1) is 23.9 Å². The van der Waals surface area contributed by atoms with Crippen LogP contribution < -0.4 is 0 Å². The Morgan fingerprint density at radius 3 is 2.92 bits per heavy atom. The fourth-order valence-corrected chi connectivity index (χ4v) is 4.25. The summed E-state index contributed by atoms with van der Waals surface area (Å²) in [4.78, 5) is 16.1. The molecule has 3 fully saturated rings. The molecule has 2 aliphatic heterocycles. The molecule has 0 aromatic carbocycles. The molecule has 5 atom stereocenters. The molecule has 0 amide bonds. The van der Waals surface area contributed by atoms with Crippen molar-refractivity contribution in [2.45, 2.75) is 69.9 Å². The number of rotatable bonds is 4. The molecule has 1 aromatic rings. The van der Waals surface area contributed by atoms with Crippen molar-refractivity contribution < 1.29 is 19.0 Å². The Balaban J connectivity index is 1.42. The zero-order chi connectivity index (χ0) is 17.7. The minimum absolute atomic E-state index is 0.0631. The quantitative estimate of drug-likeness (QED) is 0.618. The van der Waals surface area contributed by atoms with Crippen LogP contribution in [0.25, 0.3) is 0 Å². The van der Waals surface area contributed by atoms with Gasteiger partial charge in [0.15, 0.2) is 0 Å². The maximum atomic E-state index is 12.2. The van der Waals surface area contributed by atoms with Gasteiger partial charge in [0, 0.05) is 18.3 Å². The van der Waals surface area contributed by atoms with Gasteiger partial charge in [-0.1, -0.05) is 11.6 Å². The molecule has 0 radical (unpaired) electrons. The summed E-state index contributed by atoms with van der Waals surface area (Å²) in [5, 5.41) is 0. The van der Waals surface area contributed by atoms with E-state index in [1.165, 1.54) is 16.5 Å². The van der Waals surface area contributed by atoms with E-state index in [2.05, 4.69) is 31.8 Å². The van der Waals surface area contributed by atoms with E-state index in [1.54, 1.807) is 12.4 Å². The number of epoxide rings is 2. The van der Waals surface area contributed by atoms with Gasteiger partial charge in [-0.25, -0.2) is 14.3 Å². The number of aromatic nitrogens is 2. The van der Waals surface area contributed by atoms with Crippen molar-refractivity contribution in [2.75, 3.05) is 6.61 Å². The SMILES string of the molecule is CC(C)=CCC1O[C@]1(C)[C@H]1CC(OC(=O)n2ccnc2)CC[C@]12CO2. The first kappa shape index (κ1) is 16.8. The molecule has 1 aromatic heterocycles. The van der Waals surface area contributed by atoms with Crippen LogP contribution in [0.15, 0.2) is 30.4 Å². The van der Waals surface area contributed by atoms with Crippen molar-refractivity contribution in [1.82, 2.24) is 9.55 Å². The van der Waals surface area contributed by atoms with Crippen molar-refractivity contribution in [3.8, 4) is 0 Å². The number of hydrogen-bond acceptors (Lipinski definition) is 5. The van der Waals surface area contributed by atoms with Gasteiger partial charge in [0.1, 0.15) is 12.4 Å². The largest absolute Gasteiger partial charge is 0.446 e. The van der Waals surface area contributed by atoms with Crippen LogP contribution in [0.1, 0.15) is 46.5 Å². The maximum absolute atomic E-state index is 12.2. The van der Waals surface area contributed by atoms with Crippen LogP contribution in [0.2, 0.25) is 0 Å². The van der Waals surface area contributed by atoms with Gasteiger partial charge in [0.2, 0.25) is 0 Å². The first-order chi connectivity index (χ1) is 11.9. The highest BCUT2D eigenvalue weighted by atomic mass is 16.6. The zero-order valence-corrected chi connectivity index (χ0v) is 15.1. The summed E-state index contributed by atoms with van der Waals surface area (Å²) in [6.07, 6.45) is 10.1. The minimum Gasteiger partial charge on any atom is -0.446 e. The Morgan fingerprint density at radius 2 is 2.28 bits per heavy atom. The van der Waals surface area contributed by atoms with E-state index in [0.717, 1.165) is 32.3 Å². The predicted octanol–water partition coefficient (Wildman–Crippen LogP) is 3.32. The van der Waals surface area contributed by atoms with E-state index in [4.69, 9.17) is 14.2 Å². The average Bonchev–Trinajstić information content (AvgIpc) is 3.40. The van der Waals surface area contributed by atoms with E-state index in [-0.39, 0.29) is 35.4 Å². The lowest BCUT2D eigenvalue weighted by Gasteiger charge is -2.36. The molecule has 1 aliphatic carbocycles. The summed E-state index contributed by atoms with van der Waals surface area (Å²) in [5.41, 5.74) is 1.07. The van der Waals surface area contributed by atoms with Gasteiger partial charge in [-0.3, -0.25) is 0 Å². The van der Waals surface area contributed by atoms with Gasteiger partial charge >= 0.3 is 6.09 Å². The fraction of sp³-hybridized carbons (Fsp3) is 0.684. The molecule has 4 rings (SSSR count). The van der Waals surface area contributed by atoms with Crippen molar-refractivity contribution in [2.24, 2.45) is 5.92 Å². The third-order valence-corrected chi connectivity index (χ3v) is 5.93. The highest BCUT2D eigenvalue weighted by Gasteiger charge is 2.68. The molecular formula is C19H26N2O4. The molecule has 1 spiro atoms. The second kappa shape index (κ2) is 5.95. The second-order valence-corrected chi connectivity index (χ2v) is 7.96. The van der Waals surface area contributed by atoms with Crippen LogP contribution in [0, 0.1) is 5.92 Å². The molecule has 3 heterocycles. The fourth-order valence-electron chi connectivity index (χ4n) is 4.25. The number of ether oxygens (including phenoxy) is 3. The van der Waals surface area contributed by atoms with Crippen LogP contribution in [0.3, 0.4) is 0 Å². The molecule has 6 nitrogen and oxygen atoms in total. The van der Waals surface area contributed by atoms with Crippen LogP contribution >= 0.6 is 0 Å². The van der Waals surface area contributed by atoms with E-state index < -0.39 is 0 Å². The van der Waals surface area contributed by atoms with Crippen molar-refractivity contribution in [3.63, 3.8) is 0 Å². The average molecular weight is 346 g/mol. The summed E-state index contributed by atoms with van der Waals surface area (Å²) in [5.74, 6) is 0.268. The van der Waals surface area contributed by atoms with Gasteiger partial charge in [-0.15, -0.1) is 0 Å². The zero-order valence-electron chi connectivity index (χ0n) is 15.1. The second-order valence-electron chi connectivity index (χ2n) is 7.96. The monoisotopic (exact) mass is 346 g/mol. The molecule has 136 valence electrons. The van der Waals surface area contributed by atoms with Gasteiger partial charge in [0.25, 0.3) is 0 Å². The summed E-state index contributed by atoms with van der Waals surface area (Å²) in [7, 11) is 0. The number of nitrogens with zero attached hydrogens (tertiary/aromatic N) is 2. The van der Waals surface area contributed by atoms with Crippen molar-refractivity contribution >= 4 is 6.09 Å². The number of hydrogen-bond donors (Lipinski definition) is 0. The highest BCUT2D eigenvalue weighted by Crippen LogP contribution is 2.59. The summed E-state index contributed by atoms with van der Waals surface area (Å²) in [6, 6.07) is 0. The van der Waals surface area contributed by atoms with Crippen LogP contribution in [-0.4, -0.2) is 45.7 Å². The molecule has 25 heavy (non-hydrogen) atoms. The Kier molecular flexibility index (Phi) is 4.00. The first-order valence-electron chi connectivity index (χ1n) is 9.07. The normalized spacial score (nSPS) is 39.1. The smallest absolute Gasteiger partial charge is 0.419 e. The van der Waals surface area contributed by atoms with E-state index >= 15 is 0 Å². The first-order valence-corrected chi connectivity index (χ1v) is 9.07. The standard InChI is InChI=1S/C19H26N2O4/c1-13(2)4-5-16-18(3,25-16)15-10-14(6-7-19(15)11-23-19)24-17(22)21-9-8-20-12-21/h4,8-9,12,14-16H,5-7,10-11H2,1-3H3/t14?,15-,16?,18-,19+/m1/s1. The topological polar surface area (TPSA) is 69.2 Å². The Labute approximate surface area is 148 Å². The minimum atomic E-state index is -0.364. The van der Waals surface area contributed by atoms with Gasteiger partial charge in [-0.2, -0.15) is 0 Å². The van der Waals surface area contributed by atoms with Gasteiger partial charge < -0.3 is 14.2 Å². The number of allylic oxidation sites excluding steroid dienone is 1. The van der Waals surface area contributed by atoms with Gasteiger partial charge in [-0.05, 0) is 46.5 Å². The van der Waals surface area contributed by atoms with Crippen LogP contribution in [0.4, 0.5) is 4.79 Å². The molecule has 0 N–H and O–H groups in total. The maximum Gasteiger partial charge on any atom is 0.419 e. The van der Waals surface area contributed by atoms with E-state index in [9.17, 15) is 4.79 Å². The highest BCUT2D eigenvalue weighted by molar-refractivity contribution is 5.70. The molecule has 2 saturated heterocycles. The Morgan fingerprint density at radius 1 is 1.48 bits per heavy atom. The molecule has 0 bridgehead atoms. The predicted molar refractivity (Wildman–Crippen MR) is 91.2 cm³/mol. The molecular weight excluding hydrogens is 320 g/mol. The van der Waals surface area contributed by atoms with E-state index in [0.29, 0.717) is 0 Å². The van der Waals surface area contributed by atoms with Crippen molar-refractivity contribution in [1.29, 1.82) is 0 Å². The molecule has 6 heteroatoms. The van der Waals surface area contributed by atoms with E-state index in [1.807, 2.05) is 0 Å². The number of carbonyl (C=O) groups is 1. The molecule has 2 unspecified atom stereocenters. The third-order valence-electron chi connectivity index (χ3n) is 5.93. The lowest BCUT2D eigenvalue weighted by atomic mass is 9.70. The lowest BCUT2D eigenvalue weighted by Crippen LogP contribution is -2.44. The lowest BCUT2D eigenvalue weighted by molar-refractivity contribution is 0.00257. The molecule has 3 aliphatic rings. The van der Waals surface area contributed by atoms with Crippen molar-refractivity contribution in [3.05, 3.63) is 30.4 Å². The Bertz CT molecular complexity index is 676. The summed E-state index contributed by atoms with van der Waals surface area (Å²) in [6.45, 7) is 7.20. The molecule has 1 saturated carbocycles. The summed E-state index contributed by atoms with van der Waals surface area (Å²) < 4.78 is 19.1. The Hall–Kier alpha value is -1.66. The number of imidazole rings is 1. The van der Waals surface area contributed by atoms with Crippen LogP contribution in [0.5, 0.6) is 0 Å².